The van der Waals surface area contributed by atoms with Gasteiger partial charge in [0.2, 0.25) is 10.0 Å². The van der Waals surface area contributed by atoms with Crippen molar-refractivity contribution in [3.63, 3.8) is 0 Å². The fraction of sp³-hybridized carbons (Fsp3) is 0.350. The second-order valence-corrected chi connectivity index (χ2v) is 7.68. The first-order valence-corrected chi connectivity index (χ1v) is 10.5. The van der Waals surface area contributed by atoms with E-state index in [1.54, 1.807) is 55.5 Å². The zero-order valence-electron chi connectivity index (χ0n) is 15.6. The molecule has 0 fully saturated rings. The molecule has 146 valence electrons. The number of hydrogen-bond donors (Lipinski definition) is 1. The third-order valence-corrected chi connectivity index (χ3v) is 5.15. The van der Waals surface area contributed by atoms with E-state index in [-0.39, 0.29) is 18.8 Å². The van der Waals surface area contributed by atoms with Crippen LogP contribution in [0.25, 0.3) is 0 Å². The summed E-state index contributed by atoms with van der Waals surface area (Å²) in [6, 6.07) is 15.2. The van der Waals surface area contributed by atoms with Gasteiger partial charge < -0.3 is 9.47 Å². The number of benzene rings is 2. The second-order valence-electron chi connectivity index (χ2n) is 5.93. The molecule has 0 aliphatic rings. The molecule has 6 nitrogen and oxygen atoms in total. The van der Waals surface area contributed by atoms with Crippen LogP contribution >= 0.6 is 0 Å². The minimum absolute atomic E-state index is 0.0875. The van der Waals surface area contributed by atoms with Crippen molar-refractivity contribution in [2.75, 3.05) is 13.2 Å². The summed E-state index contributed by atoms with van der Waals surface area (Å²) in [6.07, 6.45) is -0.0875. The van der Waals surface area contributed by atoms with Gasteiger partial charge >= 0.3 is 5.97 Å². The molecular formula is C20H25NO5S. The Labute approximate surface area is 160 Å². The molecule has 1 atom stereocenters. The summed E-state index contributed by atoms with van der Waals surface area (Å²) in [4.78, 5) is 12.0. The van der Waals surface area contributed by atoms with Gasteiger partial charge in [-0.3, -0.25) is 4.79 Å². The Kier molecular flexibility index (Phi) is 7.82. The maximum Gasteiger partial charge on any atom is 0.307 e. The number of rotatable bonds is 10. The van der Waals surface area contributed by atoms with Gasteiger partial charge in [-0.25, -0.2) is 13.1 Å². The molecule has 7 heteroatoms. The van der Waals surface area contributed by atoms with E-state index < -0.39 is 22.0 Å². The zero-order chi connectivity index (χ0) is 19.7. The minimum Gasteiger partial charge on any atom is -0.494 e. The molecule has 0 spiro atoms. The Morgan fingerprint density at radius 1 is 1.00 bits per heavy atom. The summed E-state index contributed by atoms with van der Waals surface area (Å²) < 4.78 is 38.2. The van der Waals surface area contributed by atoms with Gasteiger partial charge in [0.1, 0.15) is 5.75 Å². The molecule has 0 radical (unpaired) electrons. The number of hydrogen-bond acceptors (Lipinski definition) is 5. The second kappa shape index (κ2) is 10.1. The Balaban J connectivity index is 2.19. The highest BCUT2D eigenvalue weighted by molar-refractivity contribution is 7.88. The molecule has 0 aliphatic carbocycles. The largest absolute Gasteiger partial charge is 0.494 e. The normalized spacial score (nSPS) is 12.4. The highest BCUT2D eigenvalue weighted by Crippen LogP contribution is 2.22. The number of ether oxygens (including phenoxy) is 2. The maximum atomic E-state index is 12.6. The lowest BCUT2D eigenvalue weighted by Gasteiger charge is -2.19. The number of sulfonamides is 1. The molecule has 2 rings (SSSR count). The van der Waals surface area contributed by atoms with Crippen molar-refractivity contribution >= 4 is 16.0 Å². The summed E-state index contributed by atoms with van der Waals surface area (Å²) in [5, 5.41) is 0. The fourth-order valence-electron chi connectivity index (χ4n) is 2.63. The van der Waals surface area contributed by atoms with Crippen molar-refractivity contribution in [3.05, 3.63) is 65.7 Å². The molecular weight excluding hydrogens is 366 g/mol. The van der Waals surface area contributed by atoms with E-state index in [2.05, 4.69) is 4.72 Å². The van der Waals surface area contributed by atoms with E-state index in [4.69, 9.17) is 9.47 Å². The van der Waals surface area contributed by atoms with Crippen molar-refractivity contribution in [3.8, 4) is 5.75 Å². The van der Waals surface area contributed by atoms with Crippen LogP contribution in [-0.2, 0) is 25.3 Å². The summed E-state index contributed by atoms with van der Waals surface area (Å²) in [5.74, 6) is 0.0616. The summed E-state index contributed by atoms with van der Waals surface area (Å²) in [6.45, 7) is 4.37. The Morgan fingerprint density at radius 2 is 1.67 bits per heavy atom. The van der Waals surface area contributed by atoms with E-state index >= 15 is 0 Å². The van der Waals surface area contributed by atoms with Crippen LogP contribution in [0.2, 0.25) is 0 Å². The Hall–Kier alpha value is -2.38. The monoisotopic (exact) mass is 391 g/mol. The lowest BCUT2D eigenvalue weighted by atomic mass is 10.0. The van der Waals surface area contributed by atoms with Crippen molar-refractivity contribution < 1.29 is 22.7 Å². The third-order valence-electron chi connectivity index (χ3n) is 3.79. The van der Waals surface area contributed by atoms with Crippen molar-refractivity contribution in [1.29, 1.82) is 0 Å². The van der Waals surface area contributed by atoms with Gasteiger partial charge in [-0.05, 0) is 37.1 Å². The molecule has 2 aromatic rings. The highest BCUT2D eigenvalue weighted by atomic mass is 32.2. The van der Waals surface area contributed by atoms with Gasteiger partial charge in [0, 0.05) is 0 Å². The van der Waals surface area contributed by atoms with Crippen LogP contribution < -0.4 is 9.46 Å². The predicted octanol–water partition coefficient (Wildman–Crippen LogP) is 3.20. The Morgan fingerprint density at radius 3 is 2.26 bits per heavy atom. The van der Waals surface area contributed by atoms with Crippen LogP contribution in [0.15, 0.2) is 54.6 Å². The molecule has 0 aliphatic heterocycles. The molecule has 2 aromatic carbocycles. The van der Waals surface area contributed by atoms with E-state index in [9.17, 15) is 13.2 Å². The van der Waals surface area contributed by atoms with Gasteiger partial charge in [-0.2, -0.15) is 0 Å². The van der Waals surface area contributed by atoms with Crippen molar-refractivity contribution in [2.45, 2.75) is 32.1 Å². The van der Waals surface area contributed by atoms with Crippen LogP contribution in [-0.4, -0.2) is 27.6 Å². The average Bonchev–Trinajstić information content (AvgIpc) is 2.62. The van der Waals surface area contributed by atoms with E-state index in [1.165, 1.54) is 0 Å². The Bertz CT molecular complexity index is 819. The van der Waals surface area contributed by atoms with Crippen LogP contribution in [0.1, 0.15) is 37.4 Å². The van der Waals surface area contributed by atoms with Gasteiger partial charge in [0.25, 0.3) is 0 Å². The smallest absolute Gasteiger partial charge is 0.307 e. The summed E-state index contributed by atoms with van der Waals surface area (Å²) >= 11 is 0. The van der Waals surface area contributed by atoms with Gasteiger partial charge in [-0.15, -0.1) is 0 Å². The SMILES string of the molecule is CCOC(=O)C[C@H](NS(=O)(=O)Cc1ccccc1)c1ccc(OCC)cc1. The quantitative estimate of drug-likeness (QED) is 0.629. The summed E-state index contributed by atoms with van der Waals surface area (Å²) in [5.41, 5.74) is 1.34. The molecule has 0 saturated heterocycles. The van der Waals surface area contributed by atoms with Crippen LogP contribution in [0, 0.1) is 0 Å². The fourth-order valence-corrected chi connectivity index (χ4v) is 4.00. The topological polar surface area (TPSA) is 81.7 Å². The molecule has 0 unspecified atom stereocenters. The molecule has 0 heterocycles. The van der Waals surface area contributed by atoms with Crippen LogP contribution in [0.5, 0.6) is 5.75 Å². The predicted molar refractivity (Wildman–Crippen MR) is 104 cm³/mol. The first kappa shape index (κ1) is 20.9. The first-order valence-electron chi connectivity index (χ1n) is 8.85. The van der Waals surface area contributed by atoms with Crippen LogP contribution in [0.3, 0.4) is 0 Å². The highest BCUT2D eigenvalue weighted by Gasteiger charge is 2.23. The zero-order valence-corrected chi connectivity index (χ0v) is 16.4. The van der Waals surface area contributed by atoms with E-state index in [0.29, 0.717) is 23.5 Å². The van der Waals surface area contributed by atoms with E-state index in [0.717, 1.165) is 0 Å². The number of esters is 1. The van der Waals surface area contributed by atoms with Crippen LogP contribution in [0.4, 0.5) is 0 Å². The molecule has 0 aromatic heterocycles. The van der Waals surface area contributed by atoms with Crippen molar-refractivity contribution in [1.82, 2.24) is 4.72 Å². The molecule has 0 bridgehead atoms. The van der Waals surface area contributed by atoms with Gasteiger partial charge in [0.15, 0.2) is 0 Å². The lowest BCUT2D eigenvalue weighted by molar-refractivity contribution is -0.143. The molecule has 0 amide bonds. The molecule has 0 saturated carbocycles. The lowest BCUT2D eigenvalue weighted by Crippen LogP contribution is -2.31. The standard InChI is InChI=1S/C20H25NO5S/c1-3-25-18-12-10-17(11-13-18)19(14-20(22)26-4-2)21-27(23,24)15-16-8-6-5-7-9-16/h5-13,19,21H,3-4,14-15H2,1-2H3/t19-/m0/s1. The number of carbonyl (C=O) groups excluding carboxylic acids is 1. The minimum atomic E-state index is -3.65. The third kappa shape index (κ3) is 7.03. The molecule has 27 heavy (non-hydrogen) atoms. The molecule has 1 N–H and O–H groups in total. The number of carbonyl (C=O) groups is 1. The average molecular weight is 391 g/mol. The maximum absolute atomic E-state index is 12.6. The number of nitrogens with one attached hydrogen (secondary N) is 1. The van der Waals surface area contributed by atoms with Gasteiger partial charge in [-0.1, -0.05) is 42.5 Å². The first-order chi connectivity index (χ1) is 12.9. The van der Waals surface area contributed by atoms with E-state index in [1.807, 2.05) is 13.0 Å². The summed E-state index contributed by atoms with van der Waals surface area (Å²) in [7, 11) is -3.65. The van der Waals surface area contributed by atoms with Gasteiger partial charge in [0.05, 0.1) is 31.4 Å². The van der Waals surface area contributed by atoms with Crippen molar-refractivity contribution in [2.24, 2.45) is 0 Å².